The van der Waals surface area contributed by atoms with Crippen molar-refractivity contribution in [2.24, 2.45) is 0 Å². The summed E-state index contributed by atoms with van der Waals surface area (Å²) in [5, 5.41) is 0. The summed E-state index contributed by atoms with van der Waals surface area (Å²) in [4.78, 5) is 0. The van der Waals surface area contributed by atoms with Gasteiger partial charge in [0.05, 0.1) is 0 Å². The second kappa shape index (κ2) is 9.57. The number of benzene rings is 4. The van der Waals surface area contributed by atoms with E-state index in [0.717, 1.165) is 11.5 Å². The number of ether oxygens (including phenoxy) is 1. The van der Waals surface area contributed by atoms with E-state index in [-0.39, 0.29) is 0 Å². The van der Waals surface area contributed by atoms with E-state index >= 15 is 0 Å². The zero-order valence-corrected chi connectivity index (χ0v) is 16.7. The molecule has 0 saturated carbocycles. The second-order valence-electron chi connectivity index (χ2n) is 6.96. The molecule has 0 aliphatic carbocycles. The third kappa shape index (κ3) is 5.85. The van der Waals surface area contributed by atoms with Crippen LogP contribution in [0, 0.1) is 20.8 Å². The molecule has 0 aliphatic rings. The summed E-state index contributed by atoms with van der Waals surface area (Å²) in [6.07, 6.45) is 0. The van der Waals surface area contributed by atoms with Crippen LogP contribution in [-0.2, 0) is 0 Å². The lowest BCUT2D eigenvalue weighted by atomic mass is 10.0. The summed E-state index contributed by atoms with van der Waals surface area (Å²) in [7, 11) is 0. The van der Waals surface area contributed by atoms with Crippen molar-refractivity contribution in [1.29, 1.82) is 0 Å². The fraction of sp³-hybridized carbons (Fsp3) is 0.111. The maximum atomic E-state index is 5.63. The highest BCUT2D eigenvalue weighted by molar-refractivity contribution is 5.63. The van der Waals surface area contributed by atoms with Gasteiger partial charge in [-0.15, -0.1) is 0 Å². The molecule has 0 heterocycles. The number of hydrogen-bond acceptors (Lipinski definition) is 1. The van der Waals surface area contributed by atoms with Gasteiger partial charge in [0.15, 0.2) is 0 Å². The van der Waals surface area contributed by atoms with Gasteiger partial charge in [-0.3, -0.25) is 0 Å². The SMILES string of the molecule is Cc1ccc(-c2ccc(C)cc2)cc1.Cc1ccc(Oc2ccccc2)cc1. The zero-order chi connectivity index (χ0) is 19.8. The van der Waals surface area contributed by atoms with E-state index in [2.05, 4.69) is 69.3 Å². The Hall–Kier alpha value is -3.32. The van der Waals surface area contributed by atoms with E-state index in [1.54, 1.807) is 0 Å². The molecular weight excluding hydrogens is 340 g/mol. The van der Waals surface area contributed by atoms with Gasteiger partial charge in [-0.05, 0) is 56.2 Å². The Morgan fingerprint density at radius 2 is 0.750 bits per heavy atom. The van der Waals surface area contributed by atoms with E-state index in [1.807, 2.05) is 54.6 Å². The van der Waals surface area contributed by atoms with Gasteiger partial charge in [0, 0.05) is 0 Å². The highest BCUT2D eigenvalue weighted by Crippen LogP contribution is 2.21. The molecule has 0 N–H and O–H groups in total. The van der Waals surface area contributed by atoms with Gasteiger partial charge in [-0.1, -0.05) is 95.6 Å². The molecule has 0 aliphatic heterocycles. The predicted molar refractivity (Wildman–Crippen MR) is 119 cm³/mol. The molecule has 0 spiro atoms. The summed E-state index contributed by atoms with van der Waals surface area (Å²) in [6.45, 7) is 6.28. The quantitative estimate of drug-likeness (QED) is 0.360. The van der Waals surface area contributed by atoms with Crippen LogP contribution in [0.1, 0.15) is 16.7 Å². The lowest BCUT2D eigenvalue weighted by molar-refractivity contribution is 0.482. The Morgan fingerprint density at radius 1 is 0.393 bits per heavy atom. The standard InChI is InChI=1S/C14H14.C13H12O/c1-11-3-7-13(8-4-11)14-9-5-12(2)6-10-14;1-11-7-9-13(10-8-11)14-12-5-3-2-4-6-12/h3-10H,1-2H3;2-10H,1H3. The number of para-hydroxylation sites is 1. The minimum absolute atomic E-state index is 0.872. The van der Waals surface area contributed by atoms with Gasteiger partial charge in [0.1, 0.15) is 11.5 Å². The molecule has 0 saturated heterocycles. The van der Waals surface area contributed by atoms with Gasteiger partial charge in [-0.2, -0.15) is 0 Å². The predicted octanol–water partition coefficient (Wildman–Crippen LogP) is 7.76. The first-order valence-corrected chi connectivity index (χ1v) is 9.53. The minimum Gasteiger partial charge on any atom is -0.457 e. The number of rotatable bonds is 3. The van der Waals surface area contributed by atoms with E-state index in [9.17, 15) is 0 Å². The lowest BCUT2D eigenvalue weighted by Gasteiger charge is -2.04. The molecule has 0 radical (unpaired) electrons. The maximum Gasteiger partial charge on any atom is 0.127 e. The van der Waals surface area contributed by atoms with Crippen LogP contribution in [0.15, 0.2) is 103 Å². The van der Waals surface area contributed by atoms with Crippen molar-refractivity contribution < 1.29 is 4.74 Å². The molecule has 0 atom stereocenters. The Bertz CT molecular complexity index is 924. The first kappa shape index (κ1) is 19.4. The van der Waals surface area contributed by atoms with Crippen LogP contribution in [0.3, 0.4) is 0 Å². The molecule has 140 valence electrons. The minimum atomic E-state index is 0.872. The van der Waals surface area contributed by atoms with Gasteiger partial charge < -0.3 is 4.74 Å². The van der Waals surface area contributed by atoms with E-state index in [4.69, 9.17) is 4.74 Å². The highest BCUT2D eigenvalue weighted by atomic mass is 16.5. The first-order valence-electron chi connectivity index (χ1n) is 9.53. The summed E-state index contributed by atoms with van der Waals surface area (Å²) in [5.41, 5.74) is 6.43. The Kier molecular flexibility index (Phi) is 6.64. The van der Waals surface area contributed by atoms with Gasteiger partial charge in [0.25, 0.3) is 0 Å². The van der Waals surface area contributed by atoms with Gasteiger partial charge in [-0.25, -0.2) is 0 Å². The van der Waals surface area contributed by atoms with Crippen molar-refractivity contribution in [2.75, 3.05) is 0 Å². The normalized spacial score (nSPS) is 9.96. The van der Waals surface area contributed by atoms with Crippen molar-refractivity contribution in [3.05, 3.63) is 120 Å². The van der Waals surface area contributed by atoms with E-state index < -0.39 is 0 Å². The van der Waals surface area contributed by atoms with Crippen LogP contribution in [0.25, 0.3) is 11.1 Å². The Labute approximate surface area is 168 Å². The van der Waals surface area contributed by atoms with Crippen LogP contribution < -0.4 is 4.74 Å². The summed E-state index contributed by atoms with van der Waals surface area (Å²) < 4.78 is 5.63. The fourth-order valence-electron chi connectivity index (χ4n) is 2.72. The fourth-order valence-corrected chi connectivity index (χ4v) is 2.72. The van der Waals surface area contributed by atoms with Gasteiger partial charge in [0.2, 0.25) is 0 Å². The third-order valence-electron chi connectivity index (χ3n) is 4.44. The van der Waals surface area contributed by atoms with Crippen molar-refractivity contribution in [1.82, 2.24) is 0 Å². The zero-order valence-electron chi connectivity index (χ0n) is 16.7. The average Bonchev–Trinajstić information content (AvgIpc) is 2.72. The molecule has 28 heavy (non-hydrogen) atoms. The molecular formula is C27H26O. The van der Waals surface area contributed by atoms with Crippen LogP contribution in [-0.4, -0.2) is 0 Å². The van der Waals surface area contributed by atoms with Gasteiger partial charge >= 0.3 is 0 Å². The first-order chi connectivity index (χ1) is 13.6. The second-order valence-corrected chi connectivity index (χ2v) is 6.96. The Balaban J connectivity index is 0.000000161. The van der Waals surface area contributed by atoms with Crippen LogP contribution in [0.4, 0.5) is 0 Å². The van der Waals surface area contributed by atoms with Crippen molar-refractivity contribution in [2.45, 2.75) is 20.8 Å². The molecule has 4 aromatic carbocycles. The maximum absolute atomic E-state index is 5.63. The highest BCUT2D eigenvalue weighted by Gasteiger charge is 1.96. The van der Waals surface area contributed by atoms with Crippen LogP contribution >= 0.6 is 0 Å². The molecule has 0 unspecified atom stereocenters. The lowest BCUT2D eigenvalue weighted by Crippen LogP contribution is -1.82. The number of hydrogen-bond donors (Lipinski definition) is 0. The average molecular weight is 367 g/mol. The summed E-state index contributed by atoms with van der Waals surface area (Å²) in [6, 6.07) is 35.1. The molecule has 4 rings (SSSR count). The molecule has 1 heteroatoms. The van der Waals surface area contributed by atoms with Crippen molar-refractivity contribution >= 4 is 0 Å². The van der Waals surface area contributed by atoms with E-state index in [1.165, 1.54) is 27.8 Å². The topological polar surface area (TPSA) is 9.23 Å². The molecule has 0 fully saturated rings. The van der Waals surface area contributed by atoms with Crippen molar-refractivity contribution in [3.63, 3.8) is 0 Å². The van der Waals surface area contributed by atoms with E-state index in [0.29, 0.717) is 0 Å². The third-order valence-corrected chi connectivity index (χ3v) is 4.44. The van der Waals surface area contributed by atoms with Crippen LogP contribution in [0.5, 0.6) is 11.5 Å². The molecule has 1 nitrogen and oxygen atoms in total. The number of aryl methyl sites for hydroxylation is 3. The molecule has 4 aromatic rings. The van der Waals surface area contributed by atoms with Crippen LogP contribution in [0.2, 0.25) is 0 Å². The molecule has 0 amide bonds. The smallest absolute Gasteiger partial charge is 0.127 e. The monoisotopic (exact) mass is 366 g/mol. The Morgan fingerprint density at radius 3 is 1.18 bits per heavy atom. The molecule has 0 bridgehead atoms. The molecule has 0 aromatic heterocycles. The largest absolute Gasteiger partial charge is 0.457 e. The summed E-state index contributed by atoms with van der Waals surface area (Å²) >= 11 is 0. The summed E-state index contributed by atoms with van der Waals surface area (Å²) in [5.74, 6) is 1.75. The van der Waals surface area contributed by atoms with Crippen molar-refractivity contribution in [3.8, 4) is 22.6 Å².